The van der Waals surface area contributed by atoms with Crippen molar-refractivity contribution in [2.75, 3.05) is 13.2 Å². The van der Waals surface area contributed by atoms with Crippen LogP contribution in [-0.4, -0.2) is 45.0 Å². The van der Waals surface area contributed by atoms with Crippen LogP contribution in [0.25, 0.3) is 0 Å². The largest absolute Gasteiger partial charge is 0.394 e. The van der Waals surface area contributed by atoms with E-state index in [0.29, 0.717) is 6.54 Å². The third kappa shape index (κ3) is 2.35. The molecule has 0 aromatic carbocycles. The molecule has 1 amide bonds. The monoisotopic (exact) mass is 253 g/mol. The van der Waals surface area contributed by atoms with E-state index in [4.69, 9.17) is 0 Å². The molecule has 1 aromatic heterocycles. The van der Waals surface area contributed by atoms with Crippen molar-refractivity contribution in [3.05, 3.63) is 28.1 Å². The summed E-state index contributed by atoms with van der Waals surface area (Å²) in [7, 11) is 0. The topological polar surface area (TPSA) is 99.5 Å². The number of nitrogens with zero attached hydrogens (tertiary/aromatic N) is 2. The Morgan fingerprint density at radius 3 is 3.00 bits per heavy atom. The van der Waals surface area contributed by atoms with Gasteiger partial charge in [-0.05, 0) is 19.3 Å². The Hall–Kier alpha value is -1.89. The zero-order chi connectivity index (χ0) is 13.1. The molecule has 98 valence electrons. The lowest BCUT2D eigenvalue weighted by atomic mass is 10.0. The summed E-state index contributed by atoms with van der Waals surface area (Å²) < 4.78 is 0. The number of H-pyrrole nitrogens is 1. The first-order valence-electron chi connectivity index (χ1n) is 5.88. The van der Waals surface area contributed by atoms with E-state index in [9.17, 15) is 20.0 Å². The standard InChI is InChI=1S/C11H15N3O4/c15-7-8-3-1-2-4-13(8)11(16)10-5-9(6-12-10)14(17)18/h5-6,8,12,15H,1-4,7H2. The highest BCUT2D eigenvalue weighted by molar-refractivity contribution is 5.93. The maximum atomic E-state index is 12.2. The van der Waals surface area contributed by atoms with Gasteiger partial charge in [-0.15, -0.1) is 0 Å². The highest BCUT2D eigenvalue weighted by atomic mass is 16.6. The van der Waals surface area contributed by atoms with E-state index in [2.05, 4.69) is 4.98 Å². The van der Waals surface area contributed by atoms with Crippen LogP contribution in [0.4, 0.5) is 5.69 Å². The van der Waals surface area contributed by atoms with E-state index >= 15 is 0 Å². The average Bonchev–Trinajstić information content (AvgIpc) is 2.87. The van der Waals surface area contributed by atoms with Gasteiger partial charge in [0.15, 0.2) is 0 Å². The average molecular weight is 253 g/mol. The van der Waals surface area contributed by atoms with Gasteiger partial charge in [0.05, 0.1) is 23.8 Å². The molecule has 0 radical (unpaired) electrons. The molecule has 7 nitrogen and oxygen atoms in total. The predicted molar refractivity (Wildman–Crippen MR) is 63.2 cm³/mol. The summed E-state index contributed by atoms with van der Waals surface area (Å²) in [6.45, 7) is 0.505. The second kappa shape index (κ2) is 5.18. The van der Waals surface area contributed by atoms with Gasteiger partial charge in [-0.1, -0.05) is 0 Å². The molecule has 1 aromatic rings. The van der Waals surface area contributed by atoms with Gasteiger partial charge < -0.3 is 15.0 Å². The molecular formula is C11H15N3O4. The predicted octanol–water partition coefficient (Wildman–Crippen LogP) is 0.910. The van der Waals surface area contributed by atoms with E-state index in [0.717, 1.165) is 19.3 Å². The molecule has 1 aliphatic heterocycles. The summed E-state index contributed by atoms with van der Waals surface area (Å²) in [4.78, 5) is 26.4. The summed E-state index contributed by atoms with van der Waals surface area (Å²) in [5, 5.41) is 19.8. The number of piperidine rings is 1. The summed E-state index contributed by atoms with van der Waals surface area (Å²) in [5.41, 5.74) is 0.0676. The Morgan fingerprint density at radius 2 is 2.39 bits per heavy atom. The number of likely N-dealkylation sites (tertiary alicyclic amines) is 1. The smallest absolute Gasteiger partial charge is 0.287 e. The third-order valence-corrected chi connectivity index (χ3v) is 3.21. The van der Waals surface area contributed by atoms with E-state index < -0.39 is 4.92 Å². The molecule has 0 saturated carbocycles. The summed E-state index contributed by atoms with van der Waals surface area (Å²) in [6.07, 6.45) is 3.85. The van der Waals surface area contributed by atoms with Crippen molar-refractivity contribution in [1.82, 2.24) is 9.88 Å². The van der Waals surface area contributed by atoms with Crippen LogP contribution in [0.5, 0.6) is 0 Å². The van der Waals surface area contributed by atoms with Gasteiger partial charge in [0.2, 0.25) is 0 Å². The number of aromatic amines is 1. The molecule has 1 saturated heterocycles. The number of aliphatic hydroxyl groups is 1. The van der Waals surface area contributed by atoms with E-state index in [1.54, 1.807) is 4.90 Å². The fraction of sp³-hybridized carbons (Fsp3) is 0.545. The van der Waals surface area contributed by atoms with Gasteiger partial charge >= 0.3 is 0 Å². The Bertz CT molecular complexity index is 457. The highest BCUT2D eigenvalue weighted by Gasteiger charge is 2.28. The van der Waals surface area contributed by atoms with Gasteiger partial charge in [0.1, 0.15) is 5.69 Å². The minimum atomic E-state index is -0.549. The van der Waals surface area contributed by atoms with Crippen LogP contribution in [-0.2, 0) is 0 Å². The molecule has 0 spiro atoms. The molecule has 7 heteroatoms. The number of nitrogens with one attached hydrogen (secondary N) is 1. The lowest BCUT2D eigenvalue weighted by Crippen LogP contribution is -2.45. The maximum absolute atomic E-state index is 12.2. The van der Waals surface area contributed by atoms with Crippen LogP contribution in [0.3, 0.4) is 0 Å². The molecule has 18 heavy (non-hydrogen) atoms. The highest BCUT2D eigenvalue weighted by Crippen LogP contribution is 2.20. The molecule has 1 fully saturated rings. The number of hydrogen-bond acceptors (Lipinski definition) is 4. The summed E-state index contributed by atoms with van der Waals surface area (Å²) >= 11 is 0. The lowest BCUT2D eigenvalue weighted by Gasteiger charge is -2.34. The minimum Gasteiger partial charge on any atom is -0.394 e. The van der Waals surface area contributed by atoms with Gasteiger partial charge in [0.25, 0.3) is 11.6 Å². The van der Waals surface area contributed by atoms with Crippen LogP contribution in [0.2, 0.25) is 0 Å². The fourth-order valence-corrected chi connectivity index (χ4v) is 2.22. The molecule has 1 aliphatic rings. The zero-order valence-electron chi connectivity index (χ0n) is 9.83. The number of carbonyl (C=O) groups is 1. The van der Waals surface area contributed by atoms with Crippen molar-refractivity contribution < 1.29 is 14.8 Å². The number of rotatable bonds is 3. The van der Waals surface area contributed by atoms with Crippen molar-refractivity contribution in [3.8, 4) is 0 Å². The van der Waals surface area contributed by atoms with Gasteiger partial charge in [-0.3, -0.25) is 14.9 Å². The lowest BCUT2D eigenvalue weighted by molar-refractivity contribution is -0.384. The number of aliphatic hydroxyl groups excluding tert-OH is 1. The Labute approximate surface area is 104 Å². The van der Waals surface area contributed by atoms with Crippen molar-refractivity contribution in [3.63, 3.8) is 0 Å². The van der Waals surface area contributed by atoms with E-state index in [1.807, 2.05) is 0 Å². The van der Waals surface area contributed by atoms with Crippen LogP contribution in [0.1, 0.15) is 29.8 Å². The fourth-order valence-electron chi connectivity index (χ4n) is 2.22. The normalized spacial score (nSPS) is 19.8. The van der Waals surface area contributed by atoms with Crippen LogP contribution >= 0.6 is 0 Å². The number of carbonyl (C=O) groups excluding carboxylic acids is 1. The Morgan fingerprint density at radius 1 is 1.61 bits per heavy atom. The van der Waals surface area contributed by atoms with E-state index in [1.165, 1.54) is 12.3 Å². The second-order valence-electron chi connectivity index (χ2n) is 4.36. The first kappa shape index (κ1) is 12.6. The van der Waals surface area contributed by atoms with Gasteiger partial charge in [-0.2, -0.15) is 0 Å². The molecule has 2 heterocycles. The second-order valence-corrected chi connectivity index (χ2v) is 4.36. The van der Waals surface area contributed by atoms with Gasteiger partial charge in [0, 0.05) is 12.6 Å². The molecule has 0 aliphatic carbocycles. The molecular weight excluding hydrogens is 238 g/mol. The van der Waals surface area contributed by atoms with Crippen molar-refractivity contribution >= 4 is 11.6 Å². The molecule has 1 unspecified atom stereocenters. The zero-order valence-corrected chi connectivity index (χ0v) is 9.83. The van der Waals surface area contributed by atoms with E-state index in [-0.39, 0.29) is 29.9 Å². The maximum Gasteiger partial charge on any atom is 0.287 e. The quantitative estimate of drug-likeness (QED) is 0.617. The summed E-state index contributed by atoms with van der Waals surface area (Å²) in [6, 6.07) is 1.04. The summed E-state index contributed by atoms with van der Waals surface area (Å²) in [5.74, 6) is -0.290. The minimum absolute atomic E-state index is 0.0749. The van der Waals surface area contributed by atoms with Crippen molar-refractivity contribution in [1.29, 1.82) is 0 Å². The molecule has 0 bridgehead atoms. The first-order chi connectivity index (χ1) is 8.63. The Balaban J connectivity index is 2.15. The molecule has 2 N–H and O–H groups in total. The number of amides is 1. The number of nitro groups is 1. The molecule has 1 atom stereocenters. The SMILES string of the molecule is O=C(c1cc([N+](=O)[O-])c[nH]1)N1CCCCC1CO. The third-order valence-electron chi connectivity index (χ3n) is 3.21. The first-order valence-corrected chi connectivity index (χ1v) is 5.88. The van der Waals surface area contributed by atoms with Gasteiger partial charge in [-0.25, -0.2) is 0 Å². The van der Waals surface area contributed by atoms with Crippen LogP contribution in [0.15, 0.2) is 12.3 Å². The Kier molecular flexibility index (Phi) is 3.61. The van der Waals surface area contributed by atoms with Crippen LogP contribution < -0.4 is 0 Å². The number of aromatic nitrogens is 1. The van der Waals surface area contributed by atoms with Crippen LogP contribution in [0, 0.1) is 10.1 Å². The number of hydrogen-bond donors (Lipinski definition) is 2. The molecule has 2 rings (SSSR count). The van der Waals surface area contributed by atoms with Crippen molar-refractivity contribution in [2.45, 2.75) is 25.3 Å². The van der Waals surface area contributed by atoms with Crippen molar-refractivity contribution in [2.24, 2.45) is 0 Å².